The number of carbonyl (C=O) groups excluding carboxylic acids is 1. The van der Waals surface area contributed by atoms with Crippen molar-refractivity contribution in [1.29, 1.82) is 0 Å². The molecule has 5 nitrogen and oxygen atoms in total. The van der Waals surface area contributed by atoms with Crippen LogP contribution in [-0.4, -0.2) is 25.2 Å². The zero-order valence-corrected chi connectivity index (χ0v) is 16.2. The van der Waals surface area contributed by atoms with Gasteiger partial charge in [0, 0.05) is 23.9 Å². The number of benzene rings is 2. The Morgan fingerprint density at radius 2 is 1.86 bits per heavy atom. The average molecular weight is 402 g/mol. The van der Waals surface area contributed by atoms with Crippen molar-refractivity contribution in [2.45, 2.75) is 6.92 Å². The smallest absolute Gasteiger partial charge is 0.343 e. The Kier molecular flexibility index (Phi) is 5.80. The number of carbonyl (C=O) groups is 1. The second-order valence-electron chi connectivity index (χ2n) is 5.92. The maximum Gasteiger partial charge on any atom is 0.343 e. The number of hydrogen-bond donors (Lipinski definition) is 0. The van der Waals surface area contributed by atoms with Gasteiger partial charge in [0.2, 0.25) is 0 Å². The fourth-order valence-corrected chi connectivity index (χ4v) is 2.71. The van der Waals surface area contributed by atoms with E-state index in [-0.39, 0.29) is 17.1 Å². The number of halogens is 2. The first-order valence-corrected chi connectivity index (χ1v) is 8.67. The molecule has 0 radical (unpaired) electrons. The van der Waals surface area contributed by atoms with E-state index in [1.807, 2.05) is 0 Å². The number of aromatic nitrogens is 1. The summed E-state index contributed by atoms with van der Waals surface area (Å²) >= 11 is 6.23. The Hall–Kier alpha value is -3.12. The van der Waals surface area contributed by atoms with Gasteiger partial charge >= 0.3 is 5.97 Å². The fourth-order valence-electron chi connectivity index (χ4n) is 2.50. The molecule has 0 aliphatic heterocycles. The summed E-state index contributed by atoms with van der Waals surface area (Å²) in [7, 11) is 2.78. The number of aryl methyl sites for hydroxylation is 1. The molecule has 0 bridgehead atoms. The number of hydrogen-bond acceptors (Lipinski definition) is 5. The predicted molar refractivity (Wildman–Crippen MR) is 104 cm³/mol. The van der Waals surface area contributed by atoms with Crippen LogP contribution in [0.15, 0.2) is 48.7 Å². The topological polar surface area (TPSA) is 57.7 Å². The zero-order chi connectivity index (χ0) is 20.3. The van der Waals surface area contributed by atoms with Gasteiger partial charge in [-0.3, -0.25) is 4.98 Å². The Bertz CT molecular complexity index is 1040. The van der Waals surface area contributed by atoms with Crippen LogP contribution in [0, 0.1) is 12.7 Å². The van der Waals surface area contributed by atoms with Crippen molar-refractivity contribution in [3.63, 3.8) is 0 Å². The maximum absolute atomic E-state index is 13.9. The van der Waals surface area contributed by atoms with Gasteiger partial charge in [0.1, 0.15) is 28.6 Å². The van der Waals surface area contributed by atoms with E-state index in [0.717, 1.165) is 0 Å². The molecule has 2 aromatic carbocycles. The van der Waals surface area contributed by atoms with E-state index in [2.05, 4.69) is 4.98 Å². The standard InChI is InChI=1S/C21H17ClFNO4/c1-12-4-5-13(8-17(12)23)18-10-20(15(11-24-18)21(25)27-3)28-19-7-6-14(26-2)9-16(19)22/h4-11H,1-3H3. The van der Waals surface area contributed by atoms with Gasteiger partial charge < -0.3 is 14.2 Å². The molecule has 28 heavy (non-hydrogen) atoms. The second-order valence-corrected chi connectivity index (χ2v) is 6.33. The SMILES string of the molecule is COC(=O)c1cnc(-c2ccc(C)c(F)c2)cc1Oc1ccc(OC)cc1Cl. The van der Waals surface area contributed by atoms with Gasteiger partial charge in [-0.15, -0.1) is 0 Å². The van der Waals surface area contributed by atoms with Crippen LogP contribution < -0.4 is 9.47 Å². The highest BCUT2D eigenvalue weighted by molar-refractivity contribution is 6.32. The monoisotopic (exact) mass is 401 g/mol. The second kappa shape index (κ2) is 8.27. The molecule has 144 valence electrons. The molecule has 7 heteroatoms. The van der Waals surface area contributed by atoms with Crippen LogP contribution in [0.25, 0.3) is 11.3 Å². The normalized spacial score (nSPS) is 10.5. The quantitative estimate of drug-likeness (QED) is 0.533. The largest absolute Gasteiger partial charge is 0.497 e. The molecule has 0 unspecified atom stereocenters. The molecule has 0 aliphatic rings. The zero-order valence-electron chi connectivity index (χ0n) is 15.5. The van der Waals surface area contributed by atoms with Gasteiger partial charge in [-0.1, -0.05) is 23.7 Å². The third-order valence-corrected chi connectivity index (χ3v) is 4.39. The predicted octanol–water partition coefficient (Wildman–Crippen LogP) is 5.44. The third-order valence-electron chi connectivity index (χ3n) is 4.10. The maximum atomic E-state index is 13.9. The van der Waals surface area contributed by atoms with Crippen molar-refractivity contribution in [1.82, 2.24) is 4.98 Å². The molecule has 0 spiro atoms. The highest BCUT2D eigenvalue weighted by Crippen LogP contribution is 2.35. The average Bonchev–Trinajstić information content (AvgIpc) is 2.70. The summed E-state index contributed by atoms with van der Waals surface area (Å²) in [5, 5.41) is 0.301. The number of nitrogens with zero attached hydrogens (tertiary/aromatic N) is 1. The van der Waals surface area contributed by atoms with Crippen LogP contribution in [0.1, 0.15) is 15.9 Å². The highest BCUT2D eigenvalue weighted by Gasteiger charge is 2.18. The first-order chi connectivity index (χ1) is 13.4. The number of esters is 1. The first kappa shape index (κ1) is 19.6. The Labute approximate surface area is 166 Å². The van der Waals surface area contributed by atoms with Crippen LogP contribution >= 0.6 is 11.6 Å². The van der Waals surface area contributed by atoms with Gasteiger partial charge in [0.15, 0.2) is 0 Å². The molecular formula is C21H17ClFNO4. The molecular weight excluding hydrogens is 385 g/mol. The van der Waals surface area contributed by atoms with Crippen molar-refractivity contribution < 1.29 is 23.4 Å². The van der Waals surface area contributed by atoms with Crippen molar-refractivity contribution in [3.05, 3.63) is 70.6 Å². The summed E-state index contributed by atoms with van der Waals surface area (Å²) in [6.07, 6.45) is 1.33. The highest BCUT2D eigenvalue weighted by atomic mass is 35.5. The Morgan fingerprint density at radius 1 is 1.07 bits per heavy atom. The van der Waals surface area contributed by atoms with Gasteiger partial charge in [0.25, 0.3) is 0 Å². The Balaban J connectivity index is 2.06. The van der Waals surface area contributed by atoms with Crippen LogP contribution in [0.2, 0.25) is 5.02 Å². The molecule has 0 fully saturated rings. The van der Waals surface area contributed by atoms with Crippen molar-refractivity contribution >= 4 is 17.6 Å². The lowest BCUT2D eigenvalue weighted by Crippen LogP contribution is -2.05. The molecule has 3 rings (SSSR count). The minimum atomic E-state index is -0.617. The van der Waals surface area contributed by atoms with Crippen LogP contribution in [-0.2, 0) is 4.74 Å². The van der Waals surface area contributed by atoms with Gasteiger partial charge in [-0.25, -0.2) is 9.18 Å². The summed E-state index contributed by atoms with van der Waals surface area (Å²) in [6, 6.07) is 11.2. The molecule has 0 amide bonds. The lowest BCUT2D eigenvalue weighted by atomic mass is 10.1. The van der Waals surface area contributed by atoms with Gasteiger partial charge in [-0.05, 0) is 30.7 Å². The van der Waals surface area contributed by atoms with E-state index in [4.69, 9.17) is 25.8 Å². The molecule has 0 saturated carbocycles. The van der Waals surface area contributed by atoms with Crippen molar-refractivity contribution in [2.24, 2.45) is 0 Å². The number of pyridine rings is 1. The summed E-state index contributed by atoms with van der Waals surface area (Å²) in [5.74, 6) is 0.103. The molecule has 0 aliphatic carbocycles. The molecule has 0 saturated heterocycles. The summed E-state index contributed by atoms with van der Waals surface area (Å²) in [4.78, 5) is 16.3. The number of ether oxygens (including phenoxy) is 3. The van der Waals surface area contributed by atoms with E-state index in [9.17, 15) is 9.18 Å². The lowest BCUT2D eigenvalue weighted by molar-refractivity contribution is 0.0597. The van der Waals surface area contributed by atoms with E-state index in [0.29, 0.717) is 33.3 Å². The van der Waals surface area contributed by atoms with E-state index in [1.54, 1.807) is 37.3 Å². The van der Waals surface area contributed by atoms with Crippen molar-refractivity contribution in [3.8, 4) is 28.5 Å². The van der Waals surface area contributed by atoms with Gasteiger partial charge in [0.05, 0.1) is 24.9 Å². The number of rotatable bonds is 5. The minimum absolute atomic E-state index is 0.116. The van der Waals surface area contributed by atoms with Crippen molar-refractivity contribution in [2.75, 3.05) is 14.2 Å². The molecule has 1 aromatic heterocycles. The number of methoxy groups -OCH3 is 2. The fraction of sp³-hybridized carbons (Fsp3) is 0.143. The molecule has 1 heterocycles. The van der Waals surface area contributed by atoms with Crippen LogP contribution in [0.4, 0.5) is 4.39 Å². The van der Waals surface area contributed by atoms with E-state index in [1.165, 1.54) is 32.5 Å². The third kappa shape index (κ3) is 4.07. The van der Waals surface area contributed by atoms with E-state index >= 15 is 0 Å². The summed E-state index contributed by atoms with van der Waals surface area (Å²) in [5.41, 5.74) is 1.62. The van der Waals surface area contributed by atoms with Gasteiger partial charge in [-0.2, -0.15) is 0 Å². The molecule has 0 N–H and O–H groups in total. The van der Waals surface area contributed by atoms with Crippen LogP contribution in [0.3, 0.4) is 0 Å². The Morgan fingerprint density at radius 3 is 2.50 bits per heavy atom. The summed E-state index contributed by atoms with van der Waals surface area (Å²) < 4.78 is 29.7. The lowest BCUT2D eigenvalue weighted by Gasteiger charge is -2.13. The minimum Gasteiger partial charge on any atom is -0.497 e. The molecule has 3 aromatic rings. The van der Waals surface area contributed by atoms with Crippen LogP contribution in [0.5, 0.6) is 17.2 Å². The molecule has 0 atom stereocenters. The van der Waals surface area contributed by atoms with E-state index < -0.39 is 5.97 Å². The summed E-state index contributed by atoms with van der Waals surface area (Å²) in [6.45, 7) is 1.67. The first-order valence-electron chi connectivity index (χ1n) is 8.29.